The van der Waals surface area contributed by atoms with Crippen LogP contribution in [0.5, 0.6) is 5.75 Å². The van der Waals surface area contributed by atoms with E-state index in [1.54, 1.807) is 24.3 Å². The normalized spacial score (nSPS) is 15.4. The van der Waals surface area contributed by atoms with Gasteiger partial charge in [0.05, 0.1) is 22.9 Å². The minimum atomic E-state index is -3.98. The van der Waals surface area contributed by atoms with Crippen LogP contribution < -0.4 is 20.1 Å². The molecular formula is C25H25N3O5S. The van der Waals surface area contributed by atoms with Crippen LogP contribution in [0.4, 0.5) is 11.4 Å². The highest BCUT2D eigenvalue weighted by molar-refractivity contribution is 7.89. The van der Waals surface area contributed by atoms with E-state index in [0.717, 1.165) is 11.3 Å². The molecule has 0 radical (unpaired) electrons. The molecule has 0 spiro atoms. The topological polar surface area (TPSA) is 119 Å². The molecule has 0 bridgehead atoms. The molecule has 176 valence electrons. The Hall–Kier alpha value is -3.69. The van der Waals surface area contributed by atoms with Crippen molar-refractivity contribution in [2.24, 2.45) is 5.14 Å². The fourth-order valence-corrected chi connectivity index (χ4v) is 4.46. The number of aryl methyl sites for hydroxylation is 1. The molecule has 0 fully saturated rings. The Morgan fingerprint density at radius 1 is 1.06 bits per heavy atom. The van der Waals surface area contributed by atoms with Crippen LogP contribution in [0.2, 0.25) is 0 Å². The maximum absolute atomic E-state index is 13.4. The Morgan fingerprint density at radius 2 is 1.76 bits per heavy atom. The van der Waals surface area contributed by atoms with Gasteiger partial charge in [-0.2, -0.15) is 0 Å². The van der Waals surface area contributed by atoms with Crippen LogP contribution in [0, 0.1) is 6.92 Å². The van der Waals surface area contributed by atoms with Gasteiger partial charge in [-0.05, 0) is 48.7 Å². The molecular weight excluding hydrogens is 454 g/mol. The lowest BCUT2D eigenvalue weighted by Gasteiger charge is -2.37. The number of hydrogen-bond donors (Lipinski definition) is 2. The zero-order valence-corrected chi connectivity index (χ0v) is 19.4. The van der Waals surface area contributed by atoms with Crippen LogP contribution in [-0.2, 0) is 19.6 Å². The number of hydrogen-bond acceptors (Lipinski definition) is 5. The number of sulfonamides is 1. The van der Waals surface area contributed by atoms with Gasteiger partial charge in [-0.1, -0.05) is 48.5 Å². The van der Waals surface area contributed by atoms with E-state index >= 15 is 0 Å². The van der Waals surface area contributed by atoms with Crippen molar-refractivity contribution in [1.29, 1.82) is 0 Å². The van der Waals surface area contributed by atoms with Crippen molar-refractivity contribution in [1.82, 2.24) is 0 Å². The number of carbonyl (C=O) groups is 2. The first-order valence-corrected chi connectivity index (χ1v) is 12.3. The van der Waals surface area contributed by atoms with Gasteiger partial charge in [-0.3, -0.25) is 14.5 Å². The molecule has 9 heteroatoms. The van der Waals surface area contributed by atoms with Crippen molar-refractivity contribution >= 4 is 33.2 Å². The summed E-state index contributed by atoms with van der Waals surface area (Å²) < 4.78 is 29.4. The van der Waals surface area contributed by atoms with Crippen molar-refractivity contribution in [3.63, 3.8) is 0 Å². The van der Waals surface area contributed by atoms with Gasteiger partial charge in [0.2, 0.25) is 15.9 Å². The second kappa shape index (κ2) is 9.66. The van der Waals surface area contributed by atoms with E-state index in [2.05, 4.69) is 5.32 Å². The molecule has 1 atom stereocenters. The number of amides is 2. The first kappa shape index (κ1) is 23.5. The molecule has 3 N–H and O–H groups in total. The number of nitrogens with one attached hydrogen (secondary N) is 1. The predicted octanol–water partition coefficient (Wildman–Crippen LogP) is 3.53. The van der Waals surface area contributed by atoms with Crippen LogP contribution in [0.1, 0.15) is 30.0 Å². The zero-order valence-electron chi connectivity index (χ0n) is 18.6. The quantitative estimate of drug-likeness (QED) is 0.503. The molecule has 0 aliphatic carbocycles. The number of carbonyl (C=O) groups excluding carboxylic acids is 2. The zero-order chi connectivity index (χ0) is 24.3. The van der Waals surface area contributed by atoms with E-state index in [1.807, 2.05) is 37.3 Å². The van der Waals surface area contributed by atoms with Crippen LogP contribution in [-0.4, -0.2) is 26.8 Å². The van der Waals surface area contributed by atoms with Crippen molar-refractivity contribution < 1.29 is 22.7 Å². The number of nitrogens with two attached hydrogens (primary N) is 1. The number of rotatable bonds is 7. The summed E-state index contributed by atoms with van der Waals surface area (Å²) in [6.45, 7) is 2.29. The lowest BCUT2D eigenvalue weighted by atomic mass is 9.99. The number of primary sulfonamides is 1. The van der Waals surface area contributed by atoms with E-state index in [1.165, 1.54) is 23.1 Å². The third kappa shape index (κ3) is 4.95. The second-order valence-electron chi connectivity index (χ2n) is 8.01. The highest BCUT2D eigenvalue weighted by Crippen LogP contribution is 2.40. The summed E-state index contributed by atoms with van der Waals surface area (Å²) in [6, 6.07) is 19.8. The fourth-order valence-electron chi connectivity index (χ4n) is 3.92. The summed E-state index contributed by atoms with van der Waals surface area (Å²) in [4.78, 5) is 27.7. The summed E-state index contributed by atoms with van der Waals surface area (Å²) in [5.41, 5.74) is 2.27. The minimum Gasteiger partial charge on any atom is -0.493 e. The number of nitrogens with zero attached hydrogens (tertiary/aromatic N) is 1. The molecule has 3 aromatic carbocycles. The molecule has 1 aliphatic heterocycles. The smallest absolute Gasteiger partial charge is 0.252 e. The number of ether oxygens (including phenoxy) is 1. The molecule has 1 heterocycles. The average molecular weight is 480 g/mol. The van der Waals surface area contributed by atoms with Gasteiger partial charge in [-0.25, -0.2) is 13.6 Å². The maximum Gasteiger partial charge on any atom is 0.252 e. The van der Waals surface area contributed by atoms with Gasteiger partial charge in [0.1, 0.15) is 11.8 Å². The number of fused-ring (bicyclic) bond motifs is 1. The van der Waals surface area contributed by atoms with Gasteiger partial charge >= 0.3 is 0 Å². The van der Waals surface area contributed by atoms with Crippen LogP contribution in [0.25, 0.3) is 0 Å². The molecule has 0 saturated carbocycles. The number of para-hydroxylation sites is 1. The monoisotopic (exact) mass is 479 g/mol. The minimum absolute atomic E-state index is 0.138. The highest BCUT2D eigenvalue weighted by atomic mass is 32.2. The third-order valence-corrected chi connectivity index (χ3v) is 6.50. The average Bonchev–Trinajstić information content (AvgIpc) is 2.81. The lowest BCUT2D eigenvalue weighted by Crippen LogP contribution is -2.45. The van der Waals surface area contributed by atoms with E-state index in [4.69, 9.17) is 9.88 Å². The van der Waals surface area contributed by atoms with Gasteiger partial charge in [0.15, 0.2) is 0 Å². The van der Waals surface area contributed by atoms with E-state index in [0.29, 0.717) is 24.3 Å². The lowest BCUT2D eigenvalue weighted by molar-refractivity contribution is -0.124. The first-order chi connectivity index (χ1) is 16.3. The Balaban J connectivity index is 1.60. The van der Waals surface area contributed by atoms with E-state index in [-0.39, 0.29) is 22.9 Å². The highest BCUT2D eigenvalue weighted by Gasteiger charge is 2.38. The van der Waals surface area contributed by atoms with Crippen molar-refractivity contribution in [2.45, 2.75) is 30.7 Å². The van der Waals surface area contributed by atoms with Gasteiger partial charge in [0.25, 0.3) is 5.91 Å². The second-order valence-corrected chi connectivity index (χ2v) is 9.57. The largest absolute Gasteiger partial charge is 0.493 e. The Kier molecular flexibility index (Phi) is 6.67. The molecule has 4 rings (SSSR count). The van der Waals surface area contributed by atoms with Crippen LogP contribution in [0.3, 0.4) is 0 Å². The molecule has 0 aromatic heterocycles. The number of anilines is 2. The van der Waals surface area contributed by atoms with Gasteiger partial charge in [-0.15, -0.1) is 0 Å². The van der Waals surface area contributed by atoms with Gasteiger partial charge in [0, 0.05) is 6.42 Å². The molecule has 1 aliphatic rings. The summed E-state index contributed by atoms with van der Waals surface area (Å²) >= 11 is 0. The van der Waals surface area contributed by atoms with Crippen molar-refractivity contribution in [3.8, 4) is 5.75 Å². The van der Waals surface area contributed by atoms with E-state index < -0.39 is 22.0 Å². The van der Waals surface area contributed by atoms with Crippen LogP contribution in [0.15, 0.2) is 77.7 Å². The van der Waals surface area contributed by atoms with Crippen molar-refractivity contribution in [2.75, 3.05) is 16.8 Å². The van der Waals surface area contributed by atoms with Crippen LogP contribution >= 0.6 is 0 Å². The third-order valence-electron chi connectivity index (χ3n) is 5.59. The van der Waals surface area contributed by atoms with Crippen molar-refractivity contribution in [3.05, 3.63) is 83.9 Å². The molecule has 2 amide bonds. The Morgan fingerprint density at radius 3 is 2.47 bits per heavy atom. The fraction of sp³-hybridized carbons (Fsp3) is 0.200. The van der Waals surface area contributed by atoms with Gasteiger partial charge < -0.3 is 10.1 Å². The predicted molar refractivity (Wildman–Crippen MR) is 129 cm³/mol. The SMILES string of the molecule is Cc1ccccc1OCCCC(=O)N1c2ccc(S(N)(=O)=O)cc2NC(=O)C1c1ccccc1. The molecule has 34 heavy (non-hydrogen) atoms. The molecule has 0 saturated heterocycles. The summed E-state index contributed by atoms with van der Waals surface area (Å²) in [5, 5.41) is 7.97. The molecule has 1 unspecified atom stereocenters. The maximum atomic E-state index is 13.4. The summed E-state index contributed by atoms with van der Waals surface area (Å²) in [5.74, 6) is 0.0480. The first-order valence-electron chi connectivity index (χ1n) is 10.8. The molecule has 8 nitrogen and oxygen atoms in total. The standard InChI is InChI=1S/C25H25N3O5S/c1-17-8-5-6-11-22(17)33-15-7-12-23(29)28-21-14-13-19(34(26,31)32)16-20(21)27-25(30)24(28)18-9-3-2-4-10-18/h2-6,8-11,13-14,16,24H,7,12,15H2,1H3,(H,27,30)(H2,26,31,32). The van der Waals surface area contributed by atoms with E-state index in [9.17, 15) is 18.0 Å². The Bertz CT molecular complexity index is 1330. The summed E-state index contributed by atoms with van der Waals surface area (Å²) in [7, 11) is -3.98. The molecule has 3 aromatic rings. The summed E-state index contributed by atoms with van der Waals surface area (Å²) in [6.07, 6.45) is 0.580. The Labute approximate surface area is 198 Å². The number of benzene rings is 3.